The summed E-state index contributed by atoms with van der Waals surface area (Å²) in [6.07, 6.45) is 4.46. The van der Waals surface area contributed by atoms with Crippen molar-refractivity contribution in [3.63, 3.8) is 0 Å². The fraction of sp³-hybridized carbons (Fsp3) is 0.500. The number of imidazole rings is 1. The van der Waals surface area contributed by atoms with Crippen molar-refractivity contribution in [3.8, 4) is 0 Å². The first-order chi connectivity index (χ1) is 11.2. The summed E-state index contributed by atoms with van der Waals surface area (Å²) in [6.45, 7) is 4.50. The van der Waals surface area contributed by atoms with Crippen LogP contribution in [0.5, 0.6) is 0 Å². The van der Waals surface area contributed by atoms with Crippen LogP contribution >= 0.6 is 0 Å². The number of amides is 1. The lowest BCUT2D eigenvalue weighted by Gasteiger charge is -2.37. The quantitative estimate of drug-likeness (QED) is 0.818. The highest BCUT2D eigenvalue weighted by molar-refractivity contribution is 7.89. The summed E-state index contributed by atoms with van der Waals surface area (Å²) in [7, 11) is -1.83. The summed E-state index contributed by atoms with van der Waals surface area (Å²) in [5, 5.41) is 4.13. The Morgan fingerprint density at radius 3 is 2.50 bits per heavy atom. The molecule has 3 heterocycles. The van der Waals surface area contributed by atoms with E-state index < -0.39 is 15.9 Å². The van der Waals surface area contributed by atoms with Crippen LogP contribution in [0.3, 0.4) is 0 Å². The number of aryl methyl sites for hydroxylation is 1. The number of carbonyl (C=O) groups is 1. The molecule has 0 saturated carbocycles. The molecular weight excluding hydrogens is 332 g/mol. The van der Waals surface area contributed by atoms with Crippen LogP contribution in [-0.4, -0.2) is 51.1 Å². The summed E-state index contributed by atoms with van der Waals surface area (Å²) < 4.78 is 29.9. The lowest BCUT2D eigenvalue weighted by molar-refractivity contribution is 0.0999. The van der Waals surface area contributed by atoms with E-state index >= 15 is 0 Å². The van der Waals surface area contributed by atoms with Gasteiger partial charge in [0.2, 0.25) is 0 Å². The monoisotopic (exact) mass is 352 g/mol. The van der Waals surface area contributed by atoms with Crippen molar-refractivity contribution in [2.24, 2.45) is 12.8 Å². The fourth-order valence-corrected chi connectivity index (χ4v) is 4.19. The number of nitrogens with zero attached hydrogens (tertiary/aromatic N) is 5. The minimum atomic E-state index is -3.62. The molecule has 2 aromatic heterocycles. The lowest BCUT2D eigenvalue weighted by Crippen LogP contribution is -2.50. The van der Waals surface area contributed by atoms with Crippen LogP contribution in [0.4, 0.5) is 0 Å². The molecule has 0 unspecified atom stereocenters. The molecule has 1 aliphatic heterocycles. The Bertz CT molecular complexity index is 876. The van der Waals surface area contributed by atoms with Gasteiger partial charge in [-0.1, -0.05) is 13.8 Å². The number of hydrogen-bond acceptors (Lipinski definition) is 5. The molecule has 0 radical (unpaired) electrons. The number of sulfonamides is 1. The van der Waals surface area contributed by atoms with Crippen molar-refractivity contribution in [2.75, 3.05) is 13.1 Å². The number of carbonyl (C=O) groups excluding carboxylic acids is 1. The van der Waals surface area contributed by atoms with E-state index in [2.05, 4.69) is 10.1 Å². The Morgan fingerprint density at radius 2 is 2.00 bits per heavy atom. The molecule has 0 spiro atoms. The van der Waals surface area contributed by atoms with Crippen LogP contribution in [0, 0.1) is 0 Å². The Morgan fingerprint density at radius 1 is 1.33 bits per heavy atom. The van der Waals surface area contributed by atoms with Gasteiger partial charge in [0.15, 0.2) is 5.03 Å². The van der Waals surface area contributed by atoms with Crippen LogP contribution in [0.15, 0.2) is 23.6 Å². The molecule has 9 nitrogen and oxygen atoms in total. The van der Waals surface area contributed by atoms with Crippen molar-refractivity contribution in [2.45, 2.75) is 30.8 Å². The second-order valence-electron chi connectivity index (χ2n) is 6.25. The van der Waals surface area contributed by atoms with Gasteiger partial charge in [-0.3, -0.25) is 9.48 Å². The zero-order valence-electron chi connectivity index (χ0n) is 13.7. The molecule has 0 aromatic carbocycles. The van der Waals surface area contributed by atoms with Gasteiger partial charge in [0, 0.05) is 38.4 Å². The van der Waals surface area contributed by atoms with E-state index in [1.54, 1.807) is 16.3 Å². The summed E-state index contributed by atoms with van der Waals surface area (Å²) in [5.74, 6) is 0.308. The highest BCUT2D eigenvalue weighted by Gasteiger charge is 2.39. The average Bonchev–Trinajstić information content (AvgIpc) is 3.03. The largest absolute Gasteiger partial charge is 0.366 e. The van der Waals surface area contributed by atoms with Crippen LogP contribution in [-0.2, 0) is 17.1 Å². The first-order valence-electron chi connectivity index (χ1n) is 7.57. The second kappa shape index (κ2) is 5.71. The van der Waals surface area contributed by atoms with Gasteiger partial charge in [-0.25, -0.2) is 13.4 Å². The third kappa shape index (κ3) is 2.71. The van der Waals surface area contributed by atoms with Crippen molar-refractivity contribution < 1.29 is 13.2 Å². The van der Waals surface area contributed by atoms with Gasteiger partial charge >= 0.3 is 0 Å². The molecule has 1 fully saturated rings. The number of rotatable bonds is 5. The number of aromatic nitrogens is 4. The predicted molar refractivity (Wildman–Crippen MR) is 85.8 cm³/mol. The van der Waals surface area contributed by atoms with Gasteiger partial charge < -0.3 is 10.3 Å². The van der Waals surface area contributed by atoms with E-state index in [-0.39, 0.29) is 30.1 Å². The summed E-state index contributed by atoms with van der Waals surface area (Å²) in [4.78, 5) is 15.4. The maximum absolute atomic E-state index is 12.6. The van der Waals surface area contributed by atoms with Crippen LogP contribution in [0.2, 0.25) is 0 Å². The number of primary amides is 1. The lowest BCUT2D eigenvalue weighted by atomic mass is 10.2. The molecule has 10 heteroatoms. The Labute approximate surface area is 140 Å². The molecule has 0 atom stereocenters. The second-order valence-corrected chi connectivity index (χ2v) is 8.14. The van der Waals surface area contributed by atoms with Crippen molar-refractivity contribution in [1.82, 2.24) is 23.6 Å². The van der Waals surface area contributed by atoms with Crippen LogP contribution in [0.1, 0.15) is 42.0 Å². The van der Waals surface area contributed by atoms with Crippen molar-refractivity contribution >= 4 is 15.9 Å². The van der Waals surface area contributed by atoms with Gasteiger partial charge in [-0.15, -0.1) is 0 Å². The minimum Gasteiger partial charge on any atom is -0.366 e. The van der Waals surface area contributed by atoms with Gasteiger partial charge in [0.25, 0.3) is 15.9 Å². The third-order valence-electron chi connectivity index (χ3n) is 4.10. The maximum Gasteiger partial charge on any atom is 0.262 e. The van der Waals surface area contributed by atoms with E-state index in [0.29, 0.717) is 5.56 Å². The molecule has 3 rings (SSSR count). The normalized spacial score (nSPS) is 16.5. The Hall–Kier alpha value is -2.20. The van der Waals surface area contributed by atoms with E-state index in [4.69, 9.17) is 5.73 Å². The van der Waals surface area contributed by atoms with Gasteiger partial charge in [0.05, 0.1) is 17.8 Å². The number of nitrogens with two attached hydrogens (primary N) is 1. The first-order valence-corrected chi connectivity index (χ1v) is 9.01. The van der Waals surface area contributed by atoms with Gasteiger partial charge in [-0.2, -0.15) is 9.40 Å². The molecule has 1 aliphatic rings. The van der Waals surface area contributed by atoms with E-state index in [9.17, 15) is 13.2 Å². The highest BCUT2D eigenvalue weighted by Crippen LogP contribution is 2.28. The Kier molecular flexibility index (Phi) is 3.96. The molecule has 2 N–H and O–H groups in total. The molecule has 0 bridgehead atoms. The smallest absolute Gasteiger partial charge is 0.262 e. The van der Waals surface area contributed by atoms with Gasteiger partial charge in [-0.05, 0) is 0 Å². The molecule has 1 amide bonds. The van der Waals surface area contributed by atoms with E-state index in [1.807, 2.05) is 13.8 Å². The molecule has 2 aromatic rings. The SMILES string of the molecule is CC(C)c1nc(S(=O)(=O)N2CC(n3cc(C(N)=O)cn3)C2)cn1C. The highest BCUT2D eigenvalue weighted by atomic mass is 32.2. The maximum atomic E-state index is 12.6. The third-order valence-corrected chi connectivity index (χ3v) is 5.80. The zero-order valence-corrected chi connectivity index (χ0v) is 14.6. The predicted octanol–water partition coefficient (Wildman–Crippen LogP) is 0.0845. The minimum absolute atomic E-state index is 0.0606. The molecular formula is C14H20N6O3S. The molecule has 24 heavy (non-hydrogen) atoms. The molecule has 1 saturated heterocycles. The summed E-state index contributed by atoms with van der Waals surface area (Å²) in [6, 6.07) is -0.110. The number of hydrogen-bond donors (Lipinski definition) is 1. The average molecular weight is 352 g/mol. The standard InChI is InChI=1S/C14H20N6O3S/c1-9(2)14-17-12(8-18(14)3)24(22,23)19-6-11(7-19)20-5-10(4-16-20)13(15)21/h4-5,8-9,11H,6-7H2,1-3H3,(H2,15,21). The van der Waals surface area contributed by atoms with Crippen molar-refractivity contribution in [1.29, 1.82) is 0 Å². The van der Waals surface area contributed by atoms with Crippen LogP contribution < -0.4 is 5.73 Å². The fourth-order valence-electron chi connectivity index (χ4n) is 2.69. The van der Waals surface area contributed by atoms with Gasteiger partial charge in [0.1, 0.15) is 5.82 Å². The molecule has 0 aliphatic carbocycles. The summed E-state index contributed by atoms with van der Waals surface area (Å²) in [5.41, 5.74) is 5.50. The van der Waals surface area contributed by atoms with Crippen LogP contribution in [0.25, 0.3) is 0 Å². The topological polar surface area (TPSA) is 116 Å². The Balaban J connectivity index is 1.74. The summed E-state index contributed by atoms with van der Waals surface area (Å²) >= 11 is 0. The first kappa shape index (κ1) is 16.7. The molecule has 130 valence electrons. The van der Waals surface area contributed by atoms with E-state index in [0.717, 1.165) is 5.82 Å². The zero-order chi connectivity index (χ0) is 17.6. The van der Waals surface area contributed by atoms with E-state index in [1.165, 1.54) is 22.9 Å². The van der Waals surface area contributed by atoms with Crippen molar-refractivity contribution in [3.05, 3.63) is 30.0 Å².